The lowest BCUT2D eigenvalue weighted by molar-refractivity contribution is -0.137. The van der Waals surface area contributed by atoms with E-state index in [-0.39, 0.29) is 31.1 Å². The number of nitrogens with zero attached hydrogens (tertiary/aromatic N) is 4. The van der Waals surface area contributed by atoms with Crippen molar-refractivity contribution in [3.05, 3.63) is 90.3 Å². The molecule has 1 aromatic heterocycles. The van der Waals surface area contributed by atoms with Gasteiger partial charge in [0.1, 0.15) is 18.3 Å². The molecule has 2 amide bonds. The molecule has 0 radical (unpaired) electrons. The van der Waals surface area contributed by atoms with E-state index in [1.807, 2.05) is 0 Å². The van der Waals surface area contributed by atoms with Crippen molar-refractivity contribution in [2.24, 2.45) is 7.05 Å². The number of anilines is 3. The van der Waals surface area contributed by atoms with Crippen LogP contribution in [0.25, 0.3) is 11.1 Å². The molecule has 1 unspecified atom stereocenters. The van der Waals surface area contributed by atoms with Gasteiger partial charge in [0, 0.05) is 36.6 Å². The summed E-state index contributed by atoms with van der Waals surface area (Å²) in [6.07, 6.45) is -1.31. The van der Waals surface area contributed by atoms with Crippen molar-refractivity contribution < 1.29 is 32.6 Å². The summed E-state index contributed by atoms with van der Waals surface area (Å²) in [6.45, 7) is 1.63. The summed E-state index contributed by atoms with van der Waals surface area (Å²) in [5.74, 6) is -2.23. The maximum Gasteiger partial charge on any atom is 0.416 e. The number of aryl methyl sites for hydroxylation is 1. The largest absolute Gasteiger partial charge is 0.491 e. The van der Waals surface area contributed by atoms with E-state index in [0.717, 1.165) is 12.1 Å². The Bertz CT molecular complexity index is 1590. The molecule has 4 aromatic rings. The summed E-state index contributed by atoms with van der Waals surface area (Å²) in [4.78, 5) is 31.0. The Labute approximate surface area is 234 Å². The van der Waals surface area contributed by atoms with Crippen LogP contribution in [0.15, 0.2) is 79.1 Å². The van der Waals surface area contributed by atoms with Crippen LogP contribution in [0.3, 0.4) is 0 Å². The van der Waals surface area contributed by atoms with Gasteiger partial charge < -0.3 is 14.7 Å². The summed E-state index contributed by atoms with van der Waals surface area (Å²) in [6, 6.07) is 16.2. The number of amides is 2. The Balaban J connectivity index is 1.72. The number of carbonyl (C=O) groups is 2. The van der Waals surface area contributed by atoms with Gasteiger partial charge in [0.05, 0.1) is 29.7 Å². The number of rotatable bonds is 7. The van der Waals surface area contributed by atoms with E-state index in [9.17, 15) is 27.9 Å². The standard InChI is InChI=1S/C30H27F3N4O4/c1-3-36-24-11-10-21(30(31,32)33)16-25(24)37(22-7-5-4-6-8-22)29(40)27(28(36)39)19-9-12-26(41-14-13-38)23(15-19)20-17-34-35(2)18-20/h4-12,15-18,27,38H,3,13-14H2,1-2H3. The van der Waals surface area contributed by atoms with Crippen molar-refractivity contribution >= 4 is 28.9 Å². The maximum absolute atomic E-state index is 14.4. The molecule has 212 valence electrons. The summed E-state index contributed by atoms with van der Waals surface area (Å²) in [7, 11) is 1.74. The molecule has 1 aliphatic rings. The molecule has 41 heavy (non-hydrogen) atoms. The highest BCUT2D eigenvalue weighted by molar-refractivity contribution is 6.23. The molecule has 0 saturated heterocycles. The molecule has 8 nitrogen and oxygen atoms in total. The number of carbonyl (C=O) groups excluding carboxylic acids is 2. The number of likely N-dealkylation sites (N-methyl/N-ethyl adjacent to an activating group) is 1. The third kappa shape index (κ3) is 5.28. The fourth-order valence-corrected chi connectivity index (χ4v) is 4.98. The van der Waals surface area contributed by atoms with Crippen molar-refractivity contribution in [1.29, 1.82) is 0 Å². The van der Waals surface area contributed by atoms with Crippen LogP contribution in [-0.4, -0.2) is 46.5 Å². The maximum atomic E-state index is 14.4. The third-order valence-electron chi connectivity index (χ3n) is 6.85. The minimum atomic E-state index is -4.66. The molecular formula is C30H27F3N4O4. The quantitative estimate of drug-likeness (QED) is 0.308. The normalized spacial score (nSPS) is 15.6. The zero-order valence-corrected chi connectivity index (χ0v) is 22.3. The first-order valence-electron chi connectivity index (χ1n) is 12.9. The number of ether oxygens (including phenoxy) is 1. The molecule has 0 fully saturated rings. The lowest BCUT2D eigenvalue weighted by Gasteiger charge is -2.26. The van der Waals surface area contributed by atoms with Gasteiger partial charge in [-0.2, -0.15) is 18.3 Å². The molecule has 11 heteroatoms. The van der Waals surface area contributed by atoms with Gasteiger partial charge in [-0.3, -0.25) is 19.2 Å². The Hall–Kier alpha value is -4.64. The monoisotopic (exact) mass is 564 g/mol. The molecule has 1 aliphatic heterocycles. The lowest BCUT2D eigenvalue weighted by atomic mass is 9.92. The summed E-state index contributed by atoms with van der Waals surface area (Å²) in [5, 5.41) is 13.5. The second-order valence-corrected chi connectivity index (χ2v) is 9.46. The number of benzene rings is 3. The van der Waals surface area contributed by atoms with E-state index in [1.54, 1.807) is 79.6 Å². The lowest BCUT2D eigenvalue weighted by Crippen LogP contribution is -2.39. The predicted molar refractivity (Wildman–Crippen MR) is 147 cm³/mol. The van der Waals surface area contributed by atoms with Crippen LogP contribution in [0.5, 0.6) is 5.75 Å². The summed E-state index contributed by atoms with van der Waals surface area (Å²) >= 11 is 0. The minimum Gasteiger partial charge on any atom is -0.491 e. The second kappa shape index (κ2) is 11.1. The number of para-hydroxylation sites is 1. The zero-order chi connectivity index (χ0) is 29.3. The summed E-state index contributed by atoms with van der Waals surface area (Å²) < 4.78 is 48.7. The number of alkyl halides is 3. The highest BCUT2D eigenvalue weighted by atomic mass is 19.4. The van der Waals surface area contributed by atoms with E-state index >= 15 is 0 Å². The average Bonchev–Trinajstić information content (AvgIpc) is 3.36. The van der Waals surface area contributed by atoms with Gasteiger partial charge in [-0.25, -0.2) is 0 Å². The number of halogens is 3. The van der Waals surface area contributed by atoms with Gasteiger partial charge in [-0.1, -0.05) is 24.3 Å². The molecule has 5 rings (SSSR count). The van der Waals surface area contributed by atoms with Crippen LogP contribution < -0.4 is 14.5 Å². The van der Waals surface area contributed by atoms with Crippen molar-refractivity contribution in [2.45, 2.75) is 19.0 Å². The Morgan fingerprint density at radius 1 is 0.976 bits per heavy atom. The van der Waals surface area contributed by atoms with E-state index < -0.39 is 29.5 Å². The second-order valence-electron chi connectivity index (χ2n) is 9.46. The van der Waals surface area contributed by atoms with Gasteiger partial charge >= 0.3 is 6.18 Å². The van der Waals surface area contributed by atoms with Crippen molar-refractivity contribution in [3.63, 3.8) is 0 Å². The van der Waals surface area contributed by atoms with Gasteiger partial charge in [0.2, 0.25) is 11.8 Å². The number of hydrogen-bond donors (Lipinski definition) is 1. The Morgan fingerprint density at radius 2 is 1.73 bits per heavy atom. The zero-order valence-electron chi connectivity index (χ0n) is 22.3. The molecule has 1 atom stereocenters. The van der Waals surface area contributed by atoms with Crippen LogP contribution in [0.2, 0.25) is 0 Å². The van der Waals surface area contributed by atoms with Crippen molar-refractivity contribution in [3.8, 4) is 16.9 Å². The molecule has 0 bridgehead atoms. The van der Waals surface area contributed by atoms with Crippen molar-refractivity contribution in [1.82, 2.24) is 9.78 Å². The fraction of sp³-hybridized carbons (Fsp3) is 0.233. The van der Waals surface area contributed by atoms with Gasteiger partial charge in [-0.15, -0.1) is 0 Å². The van der Waals surface area contributed by atoms with E-state index in [1.165, 1.54) is 15.9 Å². The summed E-state index contributed by atoms with van der Waals surface area (Å²) in [5.41, 5.74) is 1.07. The highest BCUT2D eigenvalue weighted by Crippen LogP contribution is 2.45. The van der Waals surface area contributed by atoms with E-state index in [0.29, 0.717) is 28.1 Å². The first-order valence-corrected chi connectivity index (χ1v) is 12.9. The number of aliphatic hydroxyl groups excluding tert-OH is 1. The third-order valence-corrected chi connectivity index (χ3v) is 6.85. The molecular weight excluding hydrogens is 537 g/mol. The van der Waals surface area contributed by atoms with Crippen LogP contribution in [0.4, 0.5) is 30.2 Å². The number of aromatic nitrogens is 2. The molecule has 0 saturated carbocycles. The van der Waals surface area contributed by atoms with Gasteiger partial charge in [0.25, 0.3) is 0 Å². The molecule has 3 aromatic carbocycles. The minimum absolute atomic E-state index is 0.0240. The van der Waals surface area contributed by atoms with E-state index in [2.05, 4.69) is 5.10 Å². The number of hydrogen-bond acceptors (Lipinski definition) is 5. The number of fused-ring (bicyclic) bond motifs is 1. The Kier molecular flexibility index (Phi) is 7.55. The van der Waals surface area contributed by atoms with Gasteiger partial charge in [0.15, 0.2) is 0 Å². The fourth-order valence-electron chi connectivity index (χ4n) is 4.98. The highest BCUT2D eigenvalue weighted by Gasteiger charge is 2.43. The van der Waals surface area contributed by atoms with Crippen LogP contribution >= 0.6 is 0 Å². The number of aliphatic hydroxyl groups is 1. The van der Waals surface area contributed by atoms with Crippen LogP contribution in [-0.2, 0) is 22.8 Å². The SMILES string of the molecule is CCN1C(=O)C(c2ccc(OCCO)c(-c3cnn(C)c3)c2)C(=O)N(c2ccccc2)c2cc(C(F)(F)F)ccc21. The average molecular weight is 565 g/mol. The van der Waals surface area contributed by atoms with E-state index in [4.69, 9.17) is 4.74 Å². The molecule has 1 N–H and O–H groups in total. The molecule has 0 aliphatic carbocycles. The van der Waals surface area contributed by atoms with Crippen LogP contribution in [0.1, 0.15) is 24.0 Å². The van der Waals surface area contributed by atoms with Crippen LogP contribution in [0, 0.1) is 0 Å². The predicted octanol–water partition coefficient (Wildman–Crippen LogP) is 5.29. The Morgan fingerprint density at radius 3 is 2.37 bits per heavy atom. The topological polar surface area (TPSA) is 87.9 Å². The first kappa shape index (κ1) is 27.9. The molecule has 2 heterocycles. The van der Waals surface area contributed by atoms with Gasteiger partial charge in [-0.05, 0) is 55.0 Å². The molecule has 0 spiro atoms. The van der Waals surface area contributed by atoms with Crippen molar-refractivity contribution in [2.75, 3.05) is 29.6 Å². The smallest absolute Gasteiger partial charge is 0.416 e. The first-order chi connectivity index (χ1) is 19.6.